The van der Waals surface area contributed by atoms with Gasteiger partial charge < -0.3 is 0 Å². The molecule has 4 rings (SSSR count). The molecule has 2 aliphatic carbocycles. The van der Waals surface area contributed by atoms with Crippen LogP contribution in [0.15, 0.2) is 67.3 Å². The molecule has 0 aromatic heterocycles. The van der Waals surface area contributed by atoms with Crippen LogP contribution in [0, 0.1) is 9.49 Å². The van der Waals surface area contributed by atoms with Crippen LogP contribution in [0.5, 0.6) is 0 Å². The van der Waals surface area contributed by atoms with Crippen LogP contribution in [0.4, 0.5) is 0 Å². The first-order valence-corrected chi connectivity index (χ1v) is 10.6. The van der Waals surface area contributed by atoms with Crippen molar-refractivity contribution in [2.24, 2.45) is 5.92 Å². The second-order valence-corrected chi connectivity index (χ2v) is 9.13. The fraction of sp³-hybridized carbons (Fsp3) is 0.231. The lowest BCUT2D eigenvalue weighted by Crippen LogP contribution is -2.24. The summed E-state index contributed by atoms with van der Waals surface area (Å²) in [5.74, 6) is 1.05. The van der Waals surface area contributed by atoms with Crippen molar-refractivity contribution in [2.75, 3.05) is 0 Å². The van der Waals surface area contributed by atoms with Crippen LogP contribution < -0.4 is 0 Å². The van der Waals surface area contributed by atoms with Gasteiger partial charge in [0.1, 0.15) is 0 Å². The number of benzene rings is 2. The van der Waals surface area contributed by atoms with Crippen molar-refractivity contribution in [1.29, 1.82) is 0 Å². The summed E-state index contributed by atoms with van der Waals surface area (Å²) in [5, 5.41) is 0. The maximum atomic E-state index is 4.11. The standard InChI is InChI=1S/C26H25I/c1-5-9-22-18(6-2)19(14-15-25(22)27)17-12-13-21-20-10-7-8-11-23(20)26(3,4)24(21)16-17/h5-16,20,23H,2H2,1,3-4H3/b9-5-/t20?,23-/m0/s1. The lowest BCUT2D eigenvalue weighted by molar-refractivity contribution is 0.394. The number of allylic oxidation sites excluding steroid dienone is 5. The minimum atomic E-state index is 0.140. The van der Waals surface area contributed by atoms with E-state index in [1.807, 2.05) is 6.08 Å². The van der Waals surface area contributed by atoms with E-state index in [4.69, 9.17) is 0 Å². The van der Waals surface area contributed by atoms with Crippen LogP contribution in [-0.2, 0) is 5.41 Å². The predicted octanol–water partition coefficient (Wildman–Crippen LogP) is 7.75. The zero-order valence-corrected chi connectivity index (χ0v) is 18.3. The molecule has 0 N–H and O–H groups in total. The highest BCUT2D eigenvalue weighted by Crippen LogP contribution is 2.53. The Hall–Kier alpha value is -1.87. The molecule has 1 heteroatoms. The zero-order valence-electron chi connectivity index (χ0n) is 16.2. The molecule has 0 heterocycles. The third-order valence-corrected chi connectivity index (χ3v) is 7.10. The molecule has 1 unspecified atom stereocenters. The summed E-state index contributed by atoms with van der Waals surface area (Å²) < 4.78 is 1.26. The second-order valence-electron chi connectivity index (χ2n) is 7.97. The van der Waals surface area contributed by atoms with E-state index in [0.717, 1.165) is 0 Å². The Morgan fingerprint density at radius 1 is 1.04 bits per heavy atom. The van der Waals surface area contributed by atoms with Gasteiger partial charge in [0, 0.05) is 9.49 Å². The molecular formula is C26H25I. The largest absolute Gasteiger partial charge is 0.0984 e. The van der Waals surface area contributed by atoms with Gasteiger partial charge in [0.25, 0.3) is 0 Å². The first kappa shape index (κ1) is 18.5. The van der Waals surface area contributed by atoms with Crippen LogP contribution in [0.2, 0.25) is 0 Å². The van der Waals surface area contributed by atoms with Crippen molar-refractivity contribution in [3.05, 3.63) is 93.1 Å². The van der Waals surface area contributed by atoms with E-state index in [2.05, 4.69) is 117 Å². The van der Waals surface area contributed by atoms with E-state index in [9.17, 15) is 0 Å². The molecule has 136 valence electrons. The lowest BCUT2D eigenvalue weighted by atomic mass is 9.74. The molecular weight excluding hydrogens is 439 g/mol. The van der Waals surface area contributed by atoms with Gasteiger partial charge in [-0.15, -0.1) is 0 Å². The van der Waals surface area contributed by atoms with E-state index in [1.54, 1.807) is 0 Å². The second kappa shape index (κ2) is 6.94. The van der Waals surface area contributed by atoms with Crippen molar-refractivity contribution in [2.45, 2.75) is 32.1 Å². The summed E-state index contributed by atoms with van der Waals surface area (Å²) >= 11 is 2.41. The van der Waals surface area contributed by atoms with Gasteiger partial charge in [-0.2, -0.15) is 0 Å². The van der Waals surface area contributed by atoms with E-state index < -0.39 is 0 Å². The van der Waals surface area contributed by atoms with Gasteiger partial charge >= 0.3 is 0 Å². The average molecular weight is 464 g/mol. The van der Waals surface area contributed by atoms with Gasteiger partial charge in [0.2, 0.25) is 0 Å². The average Bonchev–Trinajstić information content (AvgIpc) is 2.91. The van der Waals surface area contributed by atoms with Crippen LogP contribution in [-0.4, -0.2) is 0 Å². The number of rotatable bonds is 3. The Morgan fingerprint density at radius 2 is 1.81 bits per heavy atom. The zero-order chi connectivity index (χ0) is 19.2. The van der Waals surface area contributed by atoms with Gasteiger partial charge in [-0.1, -0.05) is 87.2 Å². The Kier molecular flexibility index (Phi) is 4.75. The summed E-state index contributed by atoms with van der Waals surface area (Å²) in [6, 6.07) is 11.5. The smallest absolute Gasteiger partial charge is 0.0209 e. The minimum Gasteiger partial charge on any atom is -0.0984 e. The molecule has 0 amide bonds. The Morgan fingerprint density at radius 3 is 2.56 bits per heavy atom. The molecule has 0 saturated heterocycles. The highest BCUT2D eigenvalue weighted by atomic mass is 127. The maximum Gasteiger partial charge on any atom is 0.0209 e. The van der Waals surface area contributed by atoms with Crippen molar-refractivity contribution < 1.29 is 0 Å². The van der Waals surface area contributed by atoms with Gasteiger partial charge in [-0.05, 0) is 80.3 Å². The molecule has 0 bridgehead atoms. The van der Waals surface area contributed by atoms with Crippen LogP contribution in [0.1, 0.15) is 48.9 Å². The van der Waals surface area contributed by atoms with E-state index in [-0.39, 0.29) is 5.41 Å². The third-order valence-electron chi connectivity index (χ3n) is 6.16. The molecule has 0 nitrogen and oxygen atoms in total. The summed E-state index contributed by atoms with van der Waals surface area (Å²) in [6.07, 6.45) is 15.4. The van der Waals surface area contributed by atoms with Gasteiger partial charge in [-0.3, -0.25) is 0 Å². The summed E-state index contributed by atoms with van der Waals surface area (Å²) in [6.45, 7) is 10.9. The Labute approximate surface area is 176 Å². The Bertz CT molecular complexity index is 1000. The van der Waals surface area contributed by atoms with Gasteiger partial charge in [0.15, 0.2) is 0 Å². The molecule has 0 spiro atoms. The maximum absolute atomic E-state index is 4.11. The highest BCUT2D eigenvalue weighted by molar-refractivity contribution is 14.1. The summed E-state index contributed by atoms with van der Waals surface area (Å²) in [5.41, 5.74) is 8.11. The number of fused-ring (bicyclic) bond motifs is 3. The van der Waals surface area contributed by atoms with E-state index >= 15 is 0 Å². The topological polar surface area (TPSA) is 0 Å². The molecule has 2 aromatic carbocycles. The molecule has 2 aliphatic rings. The molecule has 2 atom stereocenters. The predicted molar refractivity (Wildman–Crippen MR) is 127 cm³/mol. The van der Waals surface area contributed by atoms with Crippen molar-refractivity contribution in [3.63, 3.8) is 0 Å². The third kappa shape index (κ3) is 2.87. The SMILES string of the molecule is C=Cc1c(-c2ccc3c(c2)C(C)(C)[C@H]2C=CC=CC32)ccc(I)c1/C=C\C. The Balaban J connectivity index is 1.90. The molecule has 0 aliphatic heterocycles. The van der Waals surface area contributed by atoms with Crippen LogP contribution in [0.3, 0.4) is 0 Å². The van der Waals surface area contributed by atoms with Gasteiger partial charge in [0.05, 0.1) is 0 Å². The monoisotopic (exact) mass is 464 g/mol. The highest BCUT2D eigenvalue weighted by Gasteiger charge is 2.44. The molecule has 2 aromatic rings. The number of hydrogen-bond donors (Lipinski definition) is 0. The fourth-order valence-electron chi connectivity index (χ4n) is 4.76. The summed E-state index contributed by atoms with van der Waals surface area (Å²) in [7, 11) is 0. The molecule has 27 heavy (non-hydrogen) atoms. The lowest BCUT2D eigenvalue weighted by Gasteiger charge is -2.29. The summed E-state index contributed by atoms with van der Waals surface area (Å²) in [4.78, 5) is 0. The van der Waals surface area contributed by atoms with E-state index in [1.165, 1.54) is 37.0 Å². The van der Waals surface area contributed by atoms with Crippen LogP contribution in [0.25, 0.3) is 23.3 Å². The normalized spacial score (nSPS) is 22.1. The number of halogens is 1. The van der Waals surface area contributed by atoms with Crippen molar-refractivity contribution in [1.82, 2.24) is 0 Å². The van der Waals surface area contributed by atoms with Crippen molar-refractivity contribution in [3.8, 4) is 11.1 Å². The van der Waals surface area contributed by atoms with E-state index in [0.29, 0.717) is 11.8 Å². The minimum absolute atomic E-state index is 0.140. The first-order chi connectivity index (χ1) is 13.0. The first-order valence-electron chi connectivity index (χ1n) is 9.56. The van der Waals surface area contributed by atoms with Gasteiger partial charge in [-0.25, -0.2) is 0 Å². The fourth-order valence-corrected chi connectivity index (χ4v) is 5.41. The van der Waals surface area contributed by atoms with Crippen LogP contribution >= 0.6 is 22.6 Å². The number of hydrogen-bond acceptors (Lipinski definition) is 0. The van der Waals surface area contributed by atoms with Crippen molar-refractivity contribution >= 4 is 34.7 Å². The quantitative estimate of drug-likeness (QED) is 0.408. The molecule has 0 radical (unpaired) electrons. The molecule has 0 saturated carbocycles. The molecule has 0 fully saturated rings.